The molecule has 1 amide bonds. The highest BCUT2D eigenvalue weighted by Gasteiger charge is 2.33. The van der Waals surface area contributed by atoms with Gasteiger partial charge in [-0.15, -0.1) is 11.3 Å². The fourth-order valence-corrected chi connectivity index (χ4v) is 7.17. The lowest BCUT2D eigenvalue weighted by Crippen LogP contribution is -2.45. The number of carbonyl (C=O) groups excluding carboxylic acids is 1. The molecule has 0 bridgehead atoms. The van der Waals surface area contributed by atoms with E-state index in [0.717, 1.165) is 21.6 Å². The Morgan fingerprint density at radius 1 is 0.912 bits per heavy atom. The molecule has 0 atom stereocenters. The van der Waals surface area contributed by atoms with Gasteiger partial charge < -0.3 is 4.90 Å². The van der Waals surface area contributed by atoms with Crippen molar-refractivity contribution in [2.45, 2.75) is 65.6 Å². The molecule has 182 valence electrons. The number of rotatable bonds is 9. The van der Waals surface area contributed by atoms with Crippen LogP contribution in [0, 0.1) is 27.7 Å². The number of nitrogens with zero attached hydrogens (tertiary/aromatic N) is 2. The highest BCUT2D eigenvalue weighted by Crippen LogP contribution is 2.27. The first-order valence-electron chi connectivity index (χ1n) is 11.4. The van der Waals surface area contributed by atoms with E-state index in [1.165, 1.54) is 4.31 Å². The summed E-state index contributed by atoms with van der Waals surface area (Å²) in [5.41, 5.74) is 4.56. The maximum Gasteiger partial charge on any atom is 0.244 e. The van der Waals surface area contributed by atoms with Gasteiger partial charge in [0.25, 0.3) is 0 Å². The second kappa shape index (κ2) is 10.8. The molecule has 0 N–H and O–H groups in total. The number of hydrogen-bond donors (Lipinski definition) is 0. The summed E-state index contributed by atoms with van der Waals surface area (Å²) < 4.78 is 28.9. The monoisotopic (exact) mass is 498 g/mol. The Balaban J connectivity index is 1.94. The fraction of sp³-hybridized carbons (Fsp3) is 0.370. The minimum Gasteiger partial charge on any atom is -0.332 e. The molecule has 1 heterocycles. The first kappa shape index (κ1) is 26.1. The molecule has 2 aromatic carbocycles. The van der Waals surface area contributed by atoms with Crippen molar-refractivity contribution in [1.82, 2.24) is 9.21 Å². The zero-order valence-electron chi connectivity index (χ0n) is 20.8. The molecule has 0 saturated heterocycles. The third-order valence-electron chi connectivity index (χ3n) is 5.91. The van der Waals surface area contributed by atoms with Gasteiger partial charge in [0.2, 0.25) is 15.9 Å². The van der Waals surface area contributed by atoms with Gasteiger partial charge in [-0.25, -0.2) is 8.42 Å². The van der Waals surface area contributed by atoms with Crippen molar-refractivity contribution in [3.63, 3.8) is 0 Å². The molecule has 0 aliphatic carbocycles. The highest BCUT2D eigenvalue weighted by atomic mass is 32.2. The lowest BCUT2D eigenvalue weighted by atomic mass is 10.1. The largest absolute Gasteiger partial charge is 0.332 e. The minimum absolute atomic E-state index is 0.204. The Morgan fingerprint density at radius 2 is 1.53 bits per heavy atom. The van der Waals surface area contributed by atoms with E-state index in [-0.39, 0.29) is 18.5 Å². The number of amides is 1. The van der Waals surface area contributed by atoms with Crippen LogP contribution in [0.15, 0.2) is 58.8 Å². The molecule has 1 aromatic heterocycles. The van der Waals surface area contributed by atoms with Crippen LogP contribution < -0.4 is 0 Å². The van der Waals surface area contributed by atoms with Gasteiger partial charge in [0.05, 0.1) is 18.0 Å². The second-order valence-corrected chi connectivity index (χ2v) is 12.0. The van der Waals surface area contributed by atoms with Crippen LogP contribution in [0.5, 0.6) is 0 Å². The van der Waals surface area contributed by atoms with Gasteiger partial charge in [0.15, 0.2) is 0 Å². The van der Waals surface area contributed by atoms with Crippen molar-refractivity contribution in [3.05, 3.63) is 86.6 Å². The zero-order chi connectivity index (χ0) is 25.0. The van der Waals surface area contributed by atoms with E-state index in [0.29, 0.717) is 29.1 Å². The summed E-state index contributed by atoms with van der Waals surface area (Å²) in [6, 6.07) is 15.2. The molecule has 3 aromatic rings. The van der Waals surface area contributed by atoms with Crippen LogP contribution in [0.2, 0.25) is 0 Å². The first-order valence-corrected chi connectivity index (χ1v) is 13.8. The predicted octanol–water partition coefficient (Wildman–Crippen LogP) is 5.61. The molecular weight excluding hydrogens is 464 g/mol. The number of carbonyl (C=O) groups is 1. The van der Waals surface area contributed by atoms with Crippen molar-refractivity contribution < 1.29 is 13.2 Å². The lowest BCUT2D eigenvalue weighted by molar-refractivity contribution is -0.132. The van der Waals surface area contributed by atoms with Crippen LogP contribution in [-0.4, -0.2) is 36.1 Å². The van der Waals surface area contributed by atoms with Crippen molar-refractivity contribution in [3.8, 4) is 0 Å². The molecule has 0 radical (unpaired) electrons. The van der Waals surface area contributed by atoms with Crippen molar-refractivity contribution >= 4 is 27.3 Å². The Morgan fingerprint density at radius 3 is 2.06 bits per heavy atom. The average Bonchev–Trinajstić information content (AvgIpc) is 3.15. The van der Waals surface area contributed by atoms with Crippen LogP contribution in [-0.2, 0) is 27.9 Å². The van der Waals surface area contributed by atoms with Crippen LogP contribution in [0.4, 0.5) is 0 Å². The molecule has 0 aliphatic heterocycles. The normalized spacial score (nSPS) is 11.9. The highest BCUT2D eigenvalue weighted by molar-refractivity contribution is 7.89. The smallest absolute Gasteiger partial charge is 0.244 e. The molecule has 0 saturated carbocycles. The Kier molecular flexibility index (Phi) is 8.34. The quantitative estimate of drug-likeness (QED) is 0.385. The van der Waals surface area contributed by atoms with Crippen LogP contribution in [0.25, 0.3) is 0 Å². The lowest BCUT2D eigenvalue weighted by Gasteiger charge is -2.30. The van der Waals surface area contributed by atoms with E-state index in [4.69, 9.17) is 0 Å². The fourth-order valence-electron chi connectivity index (χ4n) is 4.24. The Labute approximate surface area is 208 Å². The molecular formula is C27H34N2O3S2. The number of thiophene rings is 1. The summed E-state index contributed by atoms with van der Waals surface area (Å²) in [6.45, 7) is 11.9. The number of aryl methyl sites for hydroxylation is 4. The summed E-state index contributed by atoms with van der Waals surface area (Å²) in [5.74, 6) is -0.212. The standard InChI is InChI=1S/C27H34N2O3S2/c1-19(2)29(34(31,32)27-22(5)14-20(3)15-23(27)6)18-26(30)28(16-24-10-8-7-9-11-24)17-25-21(4)12-13-33-25/h7-15,19H,16-18H2,1-6H3. The summed E-state index contributed by atoms with van der Waals surface area (Å²) in [6.07, 6.45) is 0. The predicted molar refractivity (Wildman–Crippen MR) is 139 cm³/mol. The van der Waals surface area contributed by atoms with E-state index in [2.05, 4.69) is 0 Å². The van der Waals surface area contributed by atoms with Crippen molar-refractivity contribution in [1.29, 1.82) is 0 Å². The third kappa shape index (κ3) is 5.95. The van der Waals surface area contributed by atoms with Gasteiger partial charge in [-0.1, -0.05) is 48.0 Å². The van der Waals surface area contributed by atoms with Crippen LogP contribution in [0.3, 0.4) is 0 Å². The summed E-state index contributed by atoms with van der Waals surface area (Å²) in [4.78, 5) is 16.8. The van der Waals surface area contributed by atoms with E-state index < -0.39 is 10.0 Å². The summed E-state index contributed by atoms with van der Waals surface area (Å²) in [7, 11) is -3.86. The van der Waals surface area contributed by atoms with Crippen molar-refractivity contribution in [2.24, 2.45) is 0 Å². The molecule has 0 fully saturated rings. The molecule has 3 rings (SSSR count). The number of hydrogen-bond acceptors (Lipinski definition) is 4. The molecule has 0 aliphatic rings. The van der Waals surface area contributed by atoms with E-state index in [1.54, 1.807) is 16.2 Å². The Bertz CT molecular complexity index is 1220. The maximum atomic E-state index is 13.8. The van der Waals surface area contributed by atoms with Gasteiger partial charge in [-0.3, -0.25) is 4.79 Å². The molecule has 0 spiro atoms. The van der Waals surface area contributed by atoms with Gasteiger partial charge in [0.1, 0.15) is 0 Å². The number of sulfonamides is 1. The summed E-state index contributed by atoms with van der Waals surface area (Å²) in [5, 5.41) is 2.02. The van der Waals surface area contributed by atoms with Gasteiger partial charge in [0, 0.05) is 17.5 Å². The van der Waals surface area contributed by atoms with E-state index in [1.807, 2.05) is 95.5 Å². The summed E-state index contributed by atoms with van der Waals surface area (Å²) >= 11 is 1.61. The van der Waals surface area contributed by atoms with Gasteiger partial charge >= 0.3 is 0 Å². The molecule has 5 nitrogen and oxygen atoms in total. The van der Waals surface area contributed by atoms with E-state index in [9.17, 15) is 13.2 Å². The second-order valence-electron chi connectivity index (χ2n) is 9.13. The molecule has 0 unspecified atom stereocenters. The third-order valence-corrected chi connectivity index (χ3v) is 9.25. The average molecular weight is 499 g/mol. The zero-order valence-corrected chi connectivity index (χ0v) is 22.5. The maximum absolute atomic E-state index is 13.8. The molecule has 7 heteroatoms. The molecule has 34 heavy (non-hydrogen) atoms. The van der Waals surface area contributed by atoms with Gasteiger partial charge in [-0.05, 0) is 75.2 Å². The Hall–Kier alpha value is -2.48. The van der Waals surface area contributed by atoms with Crippen molar-refractivity contribution in [2.75, 3.05) is 6.54 Å². The topological polar surface area (TPSA) is 57.7 Å². The SMILES string of the molecule is Cc1cc(C)c(S(=O)(=O)N(CC(=O)N(Cc2ccccc2)Cc2sccc2C)C(C)C)c(C)c1. The minimum atomic E-state index is -3.86. The van der Waals surface area contributed by atoms with Gasteiger partial charge in [-0.2, -0.15) is 4.31 Å². The van der Waals surface area contributed by atoms with Crippen LogP contribution >= 0.6 is 11.3 Å². The van der Waals surface area contributed by atoms with E-state index >= 15 is 0 Å². The first-order chi connectivity index (χ1) is 16.0. The van der Waals surface area contributed by atoms with Crippen LogP contribution in [0.1, 0.15) is 46.5 Å². The number of benzene rings is 2.